The van der Waals surface area contributed by atoms with Crippen LogP contribution in [0.1, 0.15) is 6.92 Å². The molecule has 0 bridgehead atoms. The van der Waals surface area contributed by atoms with E-state index in [1.807, 2.05) is 47.8 Å². The monoisotopic (exact) mass is 396 g/mol. The fraction of sp³-hybridized carbons (Fsp3) is 0.500. The van der Waals surface area contributed by atoms with Gasteiger partial charge in [-0.1, -0.05) is 12.0 Å². The fourth-order valence-corrected chi connectivity index (χ4v) is 2.87. The lowest BCUT2D eigenvalue weighted by molar-refractivity contribution is -0.657. The Morgan fingerprint density at radius 1 is 1.15 bits per heavy atom. The molecule has 0 radical (unpaired) electrons. The molecule has 1 atom stereocenters. The Morgan fingerprint density at radius 3 is 2.35 bits per heavy atom. The Labute approximate surface area is 168 Å². The van der Waals surface area contributed by atoms with E-state index in [2.05, 4.69) is 65.8 Å². The van der Waals surface area contributed by atoms with Crippen molar-refractivity contribution in [2.45, 2.75) is 12.2 Å². The number of hydrogen-bond donors (Lipinski definition) is 1. The molecular weight excluding hydrogens is 368 g/mol. The number of rotatable bonds is 8. The summed E-state index contributed by atoms with van der Waals surface area (Å²) in [6.07, 6.45) is 3.91. The molecule has 2 rings (SSSR count). The zero-order valence-corrected chi connectivity index (χ0v) is 17.8. The average Bonchev–Trinajstić information content (AvgIpc) is 2.89. The van der Waals surface area contributed by atoms with Gasteiger partial charge < -0.3 is 22.2 Å². The van der Waals surface area contributed by atoms with Gasteiger partial charge in [0.1, 0.15) is 5.69 Å². The molecule has 0 fully saturated rings. The van der Waals surface area contributed by atoms with Crippen LogP contribution in [0.25, 0.3) is 0 Å². The van der Waals surface area contributed by atoms with E-state index in [-0.39, 0.29) is 12.4 Å². The van der Waals surface area contributed by atoms with Crippen molar-refractivity contribution in [3.8, 4) is 0 Å². The minimum Gasteiger partial charge on any atom is -1.00 e. The highest BCUT2D eigenvalue weighted by Crippen LogP contribution is 2.20. The summed E-state index contributed by atoms with van der Waals surface area (Å²) in [5, 5.41) is 9.04. The Balaban J connectivity index is 0.00000338. The molecule has 1 aromatic carbocycles. The van der Waals surface area contributed by atoms with Crippen molar-refractivity contribution in [2.24, 2.45) is 24.3 Å². The third-order valence-electron chi connectivity index (χ3n) is 4.08. The van der Waals surface area contributed by atoms with E-state index >= 15 is 0 Å². The molecule has 26 heavy (non-hydrogen) atoms. The van der Waals surface area contributed by atoms with Crippen LogP contribution >= 0.6 is 12.6 Å². The molecule has 144 valence electrons. The lowest BCUT2D eigenvalue weighted by Gasteiger charge is -2.24. The molecule has 6 nitrogen and oxygen atoms in total. The zero-order chi connectivity index (χ0) is 18.4. The van der Waals surface area contributed by atoms with E-state index in [1.54, 1.807) is 0 Å². The van der Waals surface area contributed by atoms with Crippen LogP contribution in [0.5, 0.6) is 0 Å². The number of hydrogen-bond acceptors (Lipinski definition) is 5. The molecule has 0 aliphatic rings. The standard InChI is InChI=1S/C18H28N6S.ClH/c1-15(25)14-21(2)10-11-22(3)17-8-6-16(7-9-17)19-20-18-23(4)12-13-24(18)5;/h6-9,12-13,15H,10-11,14H2,1-5H3;1H. The number of anilines is 1. The average molecular weight is 397 g/mol. The van der Waals surface area contributed by atoms with E-state index in [0.717, 1.165) is 31.3 Å². The minimum atomic E-state index is 0. The van der Waals surface area contributed by atoms with Crippen LogP contribution in [0, 0.1) is 0 Å². The van der Waals surface area contributed by atoms with Gasteiger partial charge in [-0.25, -0.2) is 9.13 Å². The van der Waals surface area contributed by atoms with Gasteiger partial charge in [0.2, 0.25) is 0 Å². The predicted octanol–water partition coefficient (Wildman–Crippen LogP) is -0.0447. The molecule has 2 aromatic rings. The van der Waals surface area contributed by atoms with Crippen molar-refractivity contribution in [1.29, 1.82) is 0 Å². The van der Waals surface area contributed by atoms with Crippen LogP contribution in [0.15, 0.2) is 46.9 Å². The second kappa shape index (κ2) is 10.5. The van der Waals surface area contributed by atoms with E-state index in [9.17, 15) is 0 Å². The number of benzene rings is 1. The molecule has 0 aliphatic heterocycles. The normalized spacial score (nSPS) is 12.4. The Morgan fingerprint density at radius 2 is 1.81 bits per heavy atom. The van der Waals surface area contributed by atoms with Crippen molar-refractivity contribution < 1.29 is 17.0 Å². The Kier molecular flexibility index (Phi) is 9.12. The summed E-state index contributed by atoms with van der Waals surface area (Å²) < 4.78 is 3.88. The van der Waals surface area contributed by atoms with E-state index < -0.39 is 0 Å². The van der Waals surface area contributed by atoms with Gasteiger partial charge >= 0.3 is 5.95 Å². The largest absolute Gasteiger partial charge is 1.00 e. The summed E-state index contributed by atoms with van der Waals surface area (Å²) in [7, 11) is 8.15. The number of aromatic nitrogens is 2. The van der Waals surface area contributed by atoms with Gasteiger partial charge in [-0.05, 0) is 31.3 Å². The lowest BCUT2D eigenvalue weighted by atomic mass is 10.2. The summed E-state index contributed by atoms with van der Waals surface area (Å²) in [5.41, 5.74) is 2.02. The van der Waals surface area contributed by atoms with Crippen molar-refractivity contribution in [2.75, 3.05) is 38.6 Å². The zero-order valence-electron chi connectivity index (χ0n) is 16.2. The highest BCUT2D eigenvalue weighted by molar-refractivity contribution is 7.80. The van der Waals surface area contributed by atoms with Gasteiger partial charge in [0.25, 0.3) is 0 Å². The summed E-state index contributed by atoms with van der Waals surface area (Å²) in [6, 6.07) is 8.16. The molecule has 0 N–H and O–H groups in total. The minimum absolute atomic E-state index is 0. The smallest absolute Gasteiger partial charge is 0.421 e. The van der Waals surface area contributed by atoms with Gasteiger partial charge in [0.15, 0.2) is 0 Å². The fourth-order valence-electron chi connectivity index (χ4n) is 2.59. The number of azo groups is 1. The lowest BCUT2D eigenvalue weighted by Crippen LogP contribution is -3.00. The van der Waals surface area contributed by atoms with Crippen molar-refractivity contribution in [1.82, 2.24) is 9.47 Å². The topological polar surface area (TPSA) is 40.0 Å². The number of halogens is 1. The SMILES string of the molecule is CC(S)CN(C)CCN(C)c1ccc(N=Nc2n(C)cc[n+]2C)cc1.[Cl-]. The summed E-state index contributed by atoms with van der Waals surface area (Å²) >= 11 is 4.44. The highest BCUT2D eigenvalue weighted by atomic mass is 35.5. The summed E-state index contributed by atoms with van der Waals surface area (Å²) in [6.45, 7) is 5.09. The van der Waals surface area contributed by atoms with Gasteiger partial charge in [-0.15, -0.1) is 0 Å². The number of nitrogens with zero attached hydrogens (tertiary/aromatic N) is 6. The van der Waals surface area contributed by atoms with Gasteiger partial charge in [-0.2, -0.15) is 12.6 Å². The first-order chi connectivity index (χ1) is 11.9. The van der Waals surface area contributed by atoms with Gasteiger partial charge in [0.05, 0.1) is 26.5 Å². The molecule has 1 heterocycles. The third-order valence-corrected chi connectivity index (χ3v) is 4.25. The maximum absolute atomic E-state index is 4.44. The third kappa shape index (κ3) is 6.63. The maximum atomic E-state index is 4.44. The van der Waals surface area contributed by atoms with Crippen LogP contribution < -0.4 is 21.9 Å². The molecule has 0 amide bonds. The molecule has 0 saturated heterocycles. The first kappa shape index (κ1) is 22.5. The van der Waals surface area contributed by atoms with Crippen molar-refractivity contribution in [3.05, 3.63) is 36.7 Å². The van der Waals surface area contributed by atoms with Gasteiger partial charge in [-0.3, -0.25) is 0 Å². The molecular formula is C18H29ClN6S. The highest BCUT2D eigenvalue weighted by Gasteiger charge is 2.10. The van der Waals surface area contributed by atoms with E-state index in [1.165, 1.54) is 5.69 Å². The van der Waals surface area contributed by atoms with Crippen LogP contribution in [-0.2, 0) is 14.1 Å². The van der Waals surface area contributed by atoms with Crippen LogP contribution in [0.2, 0.25) is 0 Å². The molecule has 0 saturated carbocycles. The van der Waals surface area contributed by atoms with Crippen LogP contribution in [0.4, 0.5) is 17.3 Å². The predicted molar refractivity (Wildman–Crippen MR) is 106 cm³/mol. The first-order valence-electron chi connectivity index (χ1n) is 8.47. The molecule has 0 aliphatic carbocycles. The van der Waals surface area contributed by atoms with Crippen molar-refractivity contribution >= 4 is 30.0 Å². The summed E-state index contributed by atoms with van der Waals surface area (Å²) in [4.78, 5) is 4.55. The number of imidazole rings is 1. The second-order valence-electron chi connectivity index (χ2n) is 6.57. The Hall–Kier alpha value is -1.57. The second-order valence-corrected chi connectivity index (χ2v) is 7.45. The Bertz CT molecular complexity index is 679. The van der Waals surface area contributed by atoms with Crippen molar-refractivity contribution in [3.63, 3.8) is 0 Å². The maximum Gasteiger partial charge on any atom is 0.421 e. The molecule has 1 aromatic heterocycles. The molecule has 8 heteroatoms. The van der Waals surface area contributed by atoms with Gasteiger partial charge in [0, 0.05) is 42.7 Å². The summed E-state index contributed by atoms with van der Waals surface area (Å²) in [5.74, 6) is 0.808. The number of thiol groups is 1. The van der Waals surface area contributed by atoms with E-state index in [4.69, 9.17) is 0 Å². The van der Waals surface area contributed by atoms with Crippen LogP contribution in [0.3, 0.4) is 0 Å². The van der Waals surface area contributed by atoms with Crippen LogP contribution in [-0.4, -0.2) is 48.4 Å². The molecule has 1 unspecified atom stereocenters. The first-order valence-corrected chi connectivity index (χ1v) is 8.99. The quantitative estimate of drug-likeness (QED) is 0.386. The number of aryl methyl sites for hydroxylation is 2. The molecule has 0 spiro atoms. The van der Waals surface area contributed by atoms with E-state index in [0.29, 0.717) is 5.25 Å². The number of likely N-dealkylation sites (N-methyl/N-ethyl adjacent to an activating group) is 2.